The minimum absolute atomic E-state index is 0.693. The number of nitrogens with zero attached hydrogens (tertiary/aromatic N) is 1. The van der Waals surface area contributed by atoms with Crippen LogP contribution in [0.1, 0.15) is 30.4 Å². The van der Waals surface area contributed by atoms with Gasteiger partial charge in [-0.15, -0.1) is 0 Å². The Labute approximate surface area is 104 Å². The summed E-state index contributed by atoms with van der Waals surface area (Å²) in [6.45, 7) is 7.16. The standard InChI is InChI=1S/C15H22N2/c1-12-14-5-3-2-4-13(14)6-7-15(12)17-10-8-16-9-11-17/h2-5,12,15-16H,6-11H2,1H3/t12-,15+/m0/s1. The van der Waals surface area contributed by atoms with Gasteiger partial charge in [0.1, 0.15) is 0 Å². The third kappa shape index (κ3) is 2.12. The van der Waals surface area contributed by atoms with Crippen molar-refractivity contribution in [1.82, 2.24) is 10.2 Å². The van der Waals surface area contributed by atoms with E-state index in [0.717, 1.165) is 19.1 Å². The molecule has 1 heterocycles. The molecule has 0 unspecified atom stereocenters. The van der Waals surface area contributed by atoms with Gasteiger partial charge in [0.15, 0.2) is 0 Å². The van der Waals surface area contributed by atoms with Crippen molar-refractivity contribution in [2.24, 2.45) is 0 Å². The maximum Gasteiger partial charge on any atom is 0.0166 e. The van der Waals surface area contributed by atoms with Crippen LogP contribution in [-0.2, 0) is 6.42 Å². The fourth-order valence-corrected chi connectivity index (χ4v) is 3.48. The number of rotatable bonds is 1. The van der Waals surface area contributed by atoms with Gasteiger partial charge in [-0.25, -0.2) is 0 Å². The second-order valence-electron chi connectivity index (χ2n) is 5.38. The van der Waals surface area contributed by atoms with Crippen LogP contribution in [0.5, 0.6) is 0 Å². The van der Waals surface area contributed by atoms with Gasteiger partial charge in [0.25, 0.3) is 0 Å². The van der Waals surface area contributed by atoms with E-state index in [9.17, 15) is 0 Å². The molecule has 1 aliphatic heterocycles. The number of hydrogen-bond acceptors (Lipinski definition) is 2. The lowest BCUT2D eigenvalue weighted by Crippen LogP contribution is -2.51. The lowest BCUT2D eigenvalue weighted by atomic mass is 9.79. The normalized spacial score (nSPS) is 29.9. The molecule has 0 amide bonds. The van der Waals surface area contributed by atoms with Crippen molar-refractivity contribution in [2.45, 2.75) is 31.7 Å². The zero-order valence-corrected chi connectivity index (χ0v) is 10.7. The number of piperazine rings is 1. The van der Waals surface area contributed by atoms with Crippen LogP contribution in [0, 0.1) is 0 Å². The van der Waals surface area contributed by atoms with Crippen LogP contribution in [0.15, 0.2) is 24.3 Å². The fraction of sp³-hybridized carbons (Fsp3) is 0.600. The summed E-state index contributed by atoms with van der Waals surface area (Å²) >= 11 is 0. The van der Waals surface area contributed by atoms with E-state index >= 15 is 0 Å². The molecule has 0 aromatic heterocycles. The molecule has 1 aliphatic carbocycles. The zero-order valence-electron chi connectivity index (χ0n) is 10.7. The maximum absolute atomic E-state index is 3.45. The van der Waals surface area contributed by atoms with Crippen molar-refractivity contribution in [2.75, 3.05) is 26.2 Å². The highest BCUT2D eigenvalue weighted by Gasteiger charge is 2.30. The Bertz CT molecular complexity index is 382. The smallest absolute Gasteiger partial charge is 0.0166 e. The fourth-order valence-electron chi connectivity index (χ4n) is 3.48. The van der Waals surface area contributed by atoms with Gasteiger partial charge in [-0.1, -0.05) is 31.2 Å². The predicted octanol–water partition coefficient (Wildman–Crippen LogP) is 2.01. The first kappa shape index (κ1) is 11.2. The molecule has 2 heteroatoms. The predicted molar refractivity (Wildman–Crippen MR) is 71.4 cm³/mol. The molecule has 0 radical (unpaired) electrons. The van der Waals surface area contributed by atoms with E-state index in [1.165, 1.54) is 25.9 Å². The number of fused-ring (bicyclic) bond motifs is 1. The second-order valence-corrected chi connectivity index (χ2v) is 5.38. The Morgan fingerprint density at radius 2 is 1.94 bits per heavy atom. The van der Waals surface area contributed by atoms with Gasteiger partial charge in [-0.2, -0.15) is 0 Å². The Balaban J connectivity index is 1.81. The van der Waals surface area contributed by atoms with E-state index in [1.807, 2.05) is 0 Å². The zero-order chi connectivity index (χ0) is 11.7. The van der Waals surface area contributed by atoms with Gasteiger partial charge in [0, 0.05) is 32.2 Å². The molecule has 3 rings (SSSR count). The molecule has 17 heavy (non-hydrogen) atoms. The van der Waals surface area contributed by atoms with E-state index in [1.54, 1.807) is 11.1 Å². The van der Waals surface area contributed by atoms with Gasteiger partial charge in [-0.3, -0.25) is 4.90 Å². The first-order chi connectivity index (χ1) is 8.36. The maximum atomic E-state index is 3.45. The molecular formula is C15H22N2. The minimum atomic E-state index is 0.693. The van der Waals surface area contributed by atoms with Gasteiger partial charge in [0.05, 0.1) is 0 Å². The number of hydrogen-bond donors (Lipinski definition) is 1. The van der Waals surface area contributed by atoms with Crippen molar-refractivity contribution in [3.05, 3.63) is 35.4 Å². The molecule has 92 valence electrons. The topological polar surface area (TPSA) is 15.3 Å². The highest BCUT2D eigenvalue weighted by atomic mass is 15.2. The number of nitrogens with one attached hydrogen (secondary N) is 1. The van der Waals surface area contributed by atoms with Crippen molar-refractivity contribution in [1.29, 1.82) is 0 Å². The van der Waals surface area contributed by atoms with E-state index in [2.05, 4.69) is 41.4 Å². The summed E-state index contributed by atoms with van der Waals surface area (Å²) < 4.78 is 0. The van der Waals surface area contributed by atoms with Crippen LogP contribution in [-0.4, -0.2) is 37.1 Å². The summed E-state index contributed by atoms with van der Waals surface area (Å²) in [6, 6.07) is 9.76. The summed E-state index contributed by atoms with van der Waals surface area (Å²) in [6.07, 6.45) is 2.59. The Morgan fingerprint density at radius 1 is 1.18 bits per heavy atom. The average Bonchev–Trinajstić information content (AvgIpc) is 2.40. The van der Waals surface area contributed by atoms with Crippen molar-refractivity contribution >= 4 is 0 Å². The molecule has 2 atom stereocenters. The van der Waals surface area contributed by atoms with Crippen molar-refractivity contribution in [3.8, 4) is 0 Å². The Hall–Kier alpha value is -0.860. The number of benzene rings is 1. The van der Waals surface area contributed by atoms with Crippen LogP contribution < -0.4 is 5.32 Å². The highest BCUT2D eigenvalue weighted by Crippen LogP contribution is 2.34. The lowest BCUT2D eigenvalue weighted by Gasteiger charge is -2.41. The van der Waals surface area contributed by atoms with Crippen LogP contribution in [0.4, 0.5) is 0 Å². The summed E-state index contributed by atoms with van der Waals surface area (Å²) in [5.41, 5.74) is 3.16. The third-order valence-corrected chi connectivity index (χ3v) is 4.45. The molecular weight excluding hydrogens is 208 g/mol. The van der Waals surface area contributed by atoms with Gasteiger partial charge >= 0.3 is 0 Å². The highest BCUT2D eigenvalue weighted by molar-refractivity contribution is 5.33. The first-order valence-corrected chi connectivity index (χ1v) is 6.89. The SMILES string of the molecule is C[C@H]1c2ccccc2CC[C@H]1N1CCNCC1. The molecule has 0 bridgehead atoms. The first-order valence-electron chi connectivity index (χ1n) is 6.89. The summed E-state index contributed by atoms with van der Waals surface area (Å²) in [7, 11) is 0. The van der Waals surface area contributed by atoms with Crippen LogP contribution in [0.2, 0.25) is 0 Å². The molecule has 1 fully saturated rings. The molecule has 1 aromatic rings. The van der Waals surface area contributed by atoms with E-state index in [0.29, 0.717) is 5.92 Å². The summed E-state index contributed by atoms with van der Waals surface area (Å²) in [5, 5.41) is 3.45. The van der Waals surface area contributed by atoms with Crippen LogP contribution >= 0.6 is 0 Å². The van der Waals surface area contributed by atoms with Crippen LogP contribution in [0.3, 0.4) is 0 Å². The summed E-state index contributed by atoms with van der Waals surface area (Å²) in [5.74, 6) is 0.693. The Kier molecular flexibility index (Phi) is 3.17. The van der Waals surface area contributed by atoms with Crippen molar-refractivity contribution in [3.63, 3.8) is 0 Å². The molecule has 0 saturated carbocycles. The number of aryl methyl sites for hydroxylation is 1. The molecule has 1 N–H and O–H groups in total. The van der Waals surface area contributed by atoms with E-state index in [-0.39, 0.29) is 0 Å². The van der Waals surface area contributed by atoms with Crippen LogP contribution in [0.25, 0.3) is 0 Å². The average molecular weight is 230 g/mol. The molecule has 2 nitrogen and oxygen atoms in total. The second kappa shape index (κ2) is 4.79. The monoisotopic (exact) mass is 230 g/mol. The quantitative estimate of drug-likeness (QED) is 0.794. The van der Waals surface area contributed by atoms with E-state index in [4.69, 9.17) is 0 Å². The van der Waals surface area contributed by atoms with Gasteiger partial charge < -0.3 is 5.32 Å². The minimum Gasteiger partial charge on any atom is -0.314 e. The molecule has 1 saturated heterocycles. The summed E-state index contributed by atoms with van der Waals surface area (Å²) in [4.78, 5) is 2.69. The van der Waals surface area contributed by atoms with Crippen molar-refractivity contribution < 1.29 is 0 Å². The molecule has 2 aliphatic rings. The molecule has 0 spiro atoms. The Morgan fingerprint density at radius 3 is 2.76 bits per heavy atom. The third-order valence-electron chi connectivity index (χ3n) is 4.45. The van der Waals surface area contributed by atoms with Gasteiger partial charge in [-0.05, 0) is 29.9 Å². The van der Waals surface area contributed by atoms with Gasteiger partial charge in [0.2, 0.25) is 0 Å². The van der Waals surface area contributed by atoms with E-state index < -0.39 is 0 Å². The lowest BCUT2D eigenvalue weighted by molar-refractivity contribution is 0.141. The molecule has 1 aromatic carbocycles. The largest absolute Gasteiger partial charge is 0.314 e.